The first-order chi connectivity index (χ1) is 13.8. The van der Waals surface area contributed by atoms with Crippen LogP contribution in [0, 0.1) is 0 Å². The minimum Gasteiger partial charge on any atom is -0.463 e. The second-order valence-electron chi connectivity index (χ2n) is 7.34. The van der Waals surface area contributed by atoms with Crippen molar-refractivity contribution < 1.29 is 23.7 Å². The minimum absolute atomic E-state index is 0.121. The molecule has 0 aliphatic rings. The molecule has 5 nitrogen and oxygen atoms in total. The summed E-state index contributed by atoms with van der Waals surface area (Å²) >= 11 is 0. The van der Waals surface area contributed by atoms with Gasteiger partial charge in [-0.15, -0.1) is 0 Å². The van der Waals surface area contributed by atoms with E-state index in [4.69, 9.17) is 18.9 Å². The average molecular weight is 403 g/mol. The average Bonchev–Trinajstić information content (AvgIpc) is 2.70. The van der Waals surface area contributed by atoms with E-state index in [1.807, 2.05) is 0 Å². The predicted octanol–water partition coefficient (Wildman–Crippen LogP) is 5.69. The van der Waals surface area contributed by atoms with Gasteiger partial charge < -0.3 is 18.9 Å². The third-order valence-corrected chi connectivity index (χ3v) is 4.61. The van der Waals surface area contributed by atoms with E-state index in [-0.39, 0.29) is 5.97 Å². The summed E-state index contributed by atoms with van der Waals surface area (Å²) in [4.78, 5) is 11.5. The quantitative estimate of drug-likeness (QED) is 0.162. The molecule has 0 N–H and O–H groups in total. The fourth-order valence-electron chi connectivity index (χ4n) is 2.86. The zero-order valence-electron chi connectivity index (χ0n) is 18.7. The van der Waals surface area contributed by atoms with Crippen LogP contribution < -0.4 is 0 Å². The van der Waals surface area contributed by atoms with Crippen LogP contribution in [0.15, 0.2) is 0 Å². The summed E-state index contributed by atoms with van der Waals surface area (Å²) < 4.78 is 21.5. The Hall–Kier alpha value is -0.650. The van der Waals surface area contributed by atoms with Crippen LogP contribution in [0.4, 0.5) is 0 Å². The molecule has 0 aromatic heterocycles. The van der Waals surface area contributed by atoms with Crippen molar-refractivity contribution in [2.45, 2.75) is 97.3 Å². The van der Waals surface area contributed by atoms with Gasteiger partial charge in [0.15, 0.2) is 0 Å². The monoisotopic (exact) mass is 402 g/mol. The van der Waals surface area contributed by atoms with Crippen LogP contribution in [0.3, 0.4) is 0 Å². The molecule has 0 spiro atoms. The van der Waals surface area contributed by atoms with E-state index in [0.29, 0.717) is 46.1 Å². The van der Waals surface area contributed by atoms with Gasteiger partial charge in [-0.25, -0.2) is 0 Å². The Bertz CT molecular complexity index is 309. The lowest BCUT2D eigenvalue weighted by molar-refractivity contribution is -0.145. The van der Waals surface area contributed by atoms with Crippen LogP contribution in [-0.4, -0.2) is 52.2 Å². The van der Waals surface area contributed by atoms with Gasteiger partial charge in [-0.1, -0.05) is 78.1 Å². The molecule has 28 heavy (non-hydrogen) atoms. The normalized spacial score (nSPS) is 11.1. The van der Waals surface area contributed by atoms with Crippen LogP contribution in [-0.2, 0) is 23.7 Å². The summed E-state index contributed by atoms with van der Waals surface area (Å²) in [7, 11) is 0. The number of ether oxygens (including phenoxy) is 4. The van der Waals surface area contributed by atoms with Crippen LogP contribution in [0.5, 0.6) is 0 Å². The maximum absolute atomic E-state index is 11.5. The maximum atomic E-state index is 11.5. The fraction of sp³-hybridized carbons (Fsp3) is 0.957. The Morgan fingerprint density at radius 3 is 1.50 bits per heavy atom. The molecule has 0 bridgehead atoms. The molecular weight excluding hydrogens is 356 g/mol. The number of rotatable bonds is 23. The smallest absolute Gasteiger partial charge is 0.305 e. The topological polar surface area (TPSA) is 54.0 Å². The highest BCUT2D eigenvalue weighted by Gasteiger charge is 2.02. The zero-order valence-corrected chi connectivity index (χ0v) is 18.7. The Balaban J connectivity index is 3.07. The third kappa shape index (κ3) is 23.4. The predicted molar refractivity (Wildman–Crippen MR) is 115 cm³/mol. The molecule has 0 rings (SSSR count). The molecular formula is C23H46O5. The highest BCUT2D eigenvalue weighted by Crippen LogP contribution is 2.08. The second kappa shape index (κ2) is 24.4. The van der Waals surface area contributed by atoms with Gasteiger partial charge >= 0.3 is 5.97 Å². The number of hydrogen-bond acceptors (Lipinski definition) is 5. The second-order valence-corrected chi connectivity index (χ2v) is 7.34. The largest absolute Gasteiger partial charge is 0.463 e. The molecule has 0 atom stereocenters. The van der Waals surface area contributed by atoms with Gasteiger partial charge in [-0.05, 0) is 12.8 Å². The van der Waals surface area contributed by atoms with Gasteiger partial charge in [-0.3, -0.25) is 4.79 Å². The Morgan fingerprint density at radius 2 is 0.929 bits per heavy atom. The zero-order chi connectivity index (χ0) is 20.5. The van der Waals surface area contributed by atoms with E-state index in [9.17, 15) is 4.79 Å². The SMILES string of the molecule is CCCCCCCCCCOCCOCCOCCOC(=O)CCCCCC. The number of unbranched alkanes of at least 4 members (excludes halogenated alkanes) is 10. The van der Waals surface area contributed by atoms with Gasteiger partial charge in [0.05, 0.1) is 33.0 Å². The molecule has 0 aromatic carbocycles. The third-order valence-electron chi connectivity index (χ3n) is 4.61. The number of esters is 1. The van der Waals surface area contributed by atoms with E-state index < -0.39 is 0 Å². The van der Waals surface area contributed by atoms with Crippen molar-refractivity contribution in [3.8, 4) is 0 Å². The lowest BCUT2D eigenvalue weighted by atomic mass is 10.1. The molecule has 5 heteroatoms. The summed E-state index contributed by atoms with van der Waals surface area (Å²) in [6, 6.07) is 0. The fourth-order valence-corrected chi connectivity index (χ4v) is 2.86. The summed E-state index contributed by atoms with van der Waals surface area (Å²) in [5, 5.41) is 0. The van der Waals surface area contributed by atoms with Crippen LogP contribution in [0.1, 0.15) is 97.3 Å². The number of hydrogen-bond donors (Lipinski definition) is 0. The first-order valence-corrected chi connectivity index (χ1v) is 11.7. The number of carbonyl (C=O) groups is 1. The molecule has 0 saturated heterocycles. The van der Waals surface area contributed by atoms with Crippen molar-refractivity contribution in [3.63, 3.8) is 0 Å². The van der Waals surface area contributed by atoms with E-state index in [0.717, 1.165) is 25.9 Å². The summed E-state index contributed by atoms with van der Waals surface area (Å²) in [5.74, 6) is -0.121. The molecule has 0 radical (unpaired) electrons. The number of carbonyl (C=O) groups excluding carboxylic acids is 1. The first-order valence-electron chi connectivity index (χ1n) is 11.7. The van der Waals surface area contributed by atoms with Gasteiger partial charge in [0, 0.05) is 13.0 Å². The van der Waals surface area contributed by atoms with Gasteiger partial charge in [-0.2, -0.15) is 0 Å². The molecule has 0 aliphatic carbocycles. The molecule has 0 amide bonds. The van der Waals surface area contributed by atoms with Gasteiger partial charge in [0.1, 0.15) is 6.61 Å². The van der Waals surface area contributed by atoms with E-state index in [1.54, 1.807) is 0 Å². The Morgan fingerprint density at radius 1 is 0.500 bits per heavy atom. The summed E-state index contributed by atoms with van der Waals surface area (Å²) in [5.41, 5.74) is 0. The van der Waals surface area contributed by atoms with E-state index in [1.165, 1.54) is 57.8 Å². The van der Waals surface area contributed by atoms with Crippen LogP contribution in [0.2, 0.25) is 0 Å². The maximum Gasteiger partial charge on any atom is 0.305 e. The molecule has 168 valence electrons. The first kappa shape index (κ1) is 27.4. The summed E-state index contributed by atoms with van der Waals surface area (Å²) in [6.45, 7) is 8.32. The summed E-state index contributed by atoms with van der Waals surface area (Å²) in [6.07, 6.45) is 15.5. The van der Waals surface area contributed by atoms with Crippen molar-refractivity contribution in [2.24, 2.45) is 0 Å². The van der Waals surface area contributed by atoms with Crippen molar-refractivity contribution in [1.29, 1.82) is 0 Å². The van der Waals surface area contributed by atoms with Gasteiger partial charge in [0.25, 0.3) is 0 Å². The Kier molecular flexibility index (Phi) is 23.8. The highest BCUT2D eigenvalue weighted by atomic mass is 16.6. The lowest BCUT2D eigenvalue weighted by Crippen LogP contribution is -2.14. The minimum atomic E-state index is -0.121. The standard InChI is InChI=1S/C23H46O5/c1-3-5-7-9-10-11-12-14-16-25-17-18-26-19-20-27-21-22-28-23(24)15-13-8-6-4-2/h3-22H2,1-2H3. The molecule has 0 fully saturated rings. The van der Waals surface area contributed by atoms with Crippen LogP contribution in [0.25, 0.3) is 0 Å². The molecule has 0 aromatic rings. The molecule has 0 aliphatic heterocycles. The Labute approximate surface area is 173 Å². The van der Waals surface area contributed by atoms with Gasteiger partial charge in [0.2, 0.25) is 0 Å². The van der Waals surface area contributed by atoms with Crippen LogP contribution >= 0.6 is 0 Å². The van der Waals surface area contributed by atoms with Crippen molar-refractivity contribution in [1.82, 2.24) is 0 Å². The van der Waals surface area contributed by atoms with Crippen molar-refractivity contribution in [2.75, 3.05) is 46.2 Å². The van der Waals surface area contributed by atoms with E-state index >= 15 is 0 Å². The molecule has 0 heterocycles. The highest BCUT2D eigenvalue weighted by molar-refractivity contribution is 5.69. The molecule has 0 unspecified atom stereocenters. The molecule has 0 saturated carbocycles. The lowest BCUT2D eigenvalue weighted by Gasteiger charge is -2.08. The van der Waals surface area contributed by atoms with Crippen molar-refractivity contribution >= 4 is 5.97 Å². The van der Waals surface area contributed by atoms with Crippen molar-refractivity contribution in [3.05, 3.63) is 0 Å². The van der Waals surface area contributed by atoms with E-state index in [2.05, 4.69) is 13.8 Å².